The van der Waals surface area contributed by atoms with Crippen LogP contribution in [-0.2, 0) is 11.2 Å². The second-order valence-electron chi connectivity index (χ2n) is 6.75. The molecule has 0 fully saturated rings. The summed E-state index contributed by atoms with van der Waals surface area (Å²) in [5, 5.41) is 3.34. The molecule has 2 aromatic carbocycles. The Morgan fingerprint density at radius 1 is 1.18 bits per heavy atom. The summed E-state index contributed by atoms with van der Waals surface area (Å²) in [5.41, 5.74) is 3.91. The van der Waals surface area contributed by atoms with E-state index in [0.29, 0.717) is 29.6 Å². The highest BCUT2D eigenvalue weighted by Gasteiger charge is 2.16. The number of rotatable bonds is 7. The number of oxazole rings is 1. The Hall–Kier alpha value is -2.79. The van der Waals surface area contributed by atoms with Gasteiger partial charge in [-0.1, -0.05) is 35.4 Å². The summed E-state index contributed by atoms with van der Waals surface area (Å²) >= 11 is 6.12. The van der Waals surface area contributed by atoms with Crippen LogP contribution in [0.25, 0.3) is 11.5 Å². The SMILES string of the molecule is Cc1ccc(-c2nc(CCNC(=O)C(C)Oc3cc(C)ccc3Cl)co2)cc1. The van der Waals surface area contributed by atoms with Crippen molar-refractivity contribution in [2.45, 2.75) is 33.3 Å². The first kappa shape index (κ1) is 20.0. The summed E-state index contributed by atoms with van der Waals surface area (Å²) in [4.78, 5) is 16.7. The third-order valence-corrected chi connectivity index (χ3v) is 4.60. The van der Waals surface area contributed by atoms with E-state index in [0.717, 1.165) is 16.8 Å². The summed E-state index contributed by atoms with van der Waals surface area (Å²) in [6.45, 7) is 6.11. The molecule has 0 saturated heterocycles. The highest BCUT2D eigenvalue weighted by Crippen LogP contribution is 2.26. The van der Waals surface area contributed by atoms with E-state index in [1.165, 1.54) is 5.56 Å². The number of aryl methyl sites for hydroxylation is 2. The fraction of sp³-hybridized carbons (Fsp3) is 0.273. The number of hydrogen-bond donors (Lipinski definition) is 1. The van der Waals surface area contributed by atoms with Crippen LogP contribution in [0.5, 0.6) is 5.75 Å². The number of ether oxygens (including phenoxy) is 1. The van der Waals surface area contributed by atoms with Crippen LogP contribution in [0.4, 0.5) is 0 Å². The van der Waals surface area contributed by atoms with Crippen molar-refractivity contribution in [2.75, 3.05) is 6.54 Å². The van der Waals surface area contributed by atoms with Gasteiger partial charge in [0.05, 0.1) is 10.7 Å². The zero-order valence-electron chi connectivity index (χ0n) is 16.2. The van der Waals surface area contributed by atoms with Gasteiger partial charge in [0.15, 0.2) is 6.10 Å². The summed E-state index contributed by atoms with van der Waals surface area (Å²) in [5.74, 6) is 0.871. The molecule has 0 aliphatic rings. The van der Waals surface area contributed by atoms with Crippen LogP contribution in [0.2, 0.25) is 5.02 Å². The maximum absolute atomic E-state index is 12.3. The van der Waals surface area contributed by atoms with Gasteiger partial charge in [-0.3, -0.25) is 4.79 Å². The molecule has 1 aromatic heterocycles. The van der Waals surface area contributed by atoms with Gasteiger partial charge in [0, 0.05) is 18.5 Å². The molecule has 3 aromatic rings. The summed E-state index contributed by atoms with van der Waals surface area (Å²) in [6.07, 6.45) is 1.53. The number of aromatic nitrogens is 1. The topological polar surface area (TPSA) is 64.4 Å². The quantitative estimate of drug-likeness (QED) is 0.624. The molecule has 5 nitrogen and oxygen atoms in total. The number of amides is 1. The minimum Gasteiger partial charge on any atom is -0.479 e. The minimum absolute atomic E-state index is 0.208. The lowest BCUT2D eigenvalue weighted by molar-refractivity contribution is -0.127. The standard InChI is InChI=1S/C22H23ClN2O3/c1-14-4-7-17(8-5-14)22-25-18(13-27-22)10-11-24-21(26)16(3)28-20-12-15(2)6-9-19(20)23/h4-9,12-13,16H,10-11H2,1-3H3,(H,24,26). The molecule has 0 aliphatic carbocycles. The van der Waals surface area contributed by atoms with Gasteiger partial charge in [-0.25, -0.2) is 4.98 Å². The van der Waals surface area contributed by atoms with Crippen molar-refractivity contribution >= 4 is 17.5 Å². The zero-order chi connectivity index (χ0) is 20.1. The Morgan fingerprint density at radius 2 is 1.89 bits per heavy atom. The van der Waals surface area contributed by atoms with E-state index in [9.17, 15) is 4.79 Å². The van der Waals surface area contributed by atoms with E-state index in [4.69, 9.17) is 20.8 Å². The van der Waals surface area contributed by atoms with Gasteiger partial charge in [0.1, 0.15) is 12.0 Å². The van der Waals surface area contributed by atoms with Crippen LogP contribution in [-0.4, -0.2) is 23.5 Å². The molecule has 0 radical (unpaired) electrons. The number of nitrogens with one attached hydrogen (secondary N) is 1. The molecule has 1 unspecified atom stereocenters. The number of carbonyl (C=O) groups excluding carboxylic acids is 1. The number of carbonyl (C=O) groups is 1. The predicted octanol–water partition coefficient (Wildman–Crippen LogP) is 4.74. The first-order valence-corrected chi connectivity index (χ1v) is 9.52. The number of halogens is 1. The van der Waals surface area contributed by atoms with E-state index < -0.39 is 6.10 Å². The van der Waals surface area contributed by atoms with Gasteiger partial charge < -0.3 is 14.5 Å². The van der Waals surface area contributed by atoms with Crippen LogP contribution in [0.3, 0.4) is 0 Å². The molecule has 28 heavy (non-hydrogen) atoms. The van der Waals surface area contributed by atoms with Gasteiger partial charge >= 0.3 is 0 Å². The predicted molar refractivity (Wildman–Crippen MR) is 110 cm³/mol. The highest BCUT2D eigenvalue weighted by molar-refractivity contribution is 6.32. The molecule has 1 heterocycles. The largest absolute Gasteiger partial charge is 0.479 e. The van der Waals surface area contributed by atoms with Gasteiger partial charge in [-0.15, -0.1) is 0 Å². The Kier molecular flexibility index (Phi) is 6.37. The monoisotopic (exact) mass is 398 g/mol. The normalized spacial score (nSPS) is 11.9. The second kappa shape index (κ2) is 8.93. The van der Waals surface area contributed by atoms with Crippen LogP contribution in [0.15, 0.2) is 53.1 Å². The first-order valence-electron chi connectivity index (χ1n) is 9.14. The summed E-state index contributed by atoms with van der Waals surface area (Å²) in [6, 6.07) is 13.4. The Balaban J connectivity index is 1.50. The number of hydrogen-bond acceptors (Lipinski definition) is 4. The molecule has 3 rings (SSSR count). The molecule has 0 aliphatic heterocycles. The smallest absolute Gasteiger partial charge is 0.260 e. The van der Waals surface area contributed by atoms with E-state index in [1.807, 2.05) is 50.2 Å². The third kappa shape index (κ3) is 5.14. The van der Waals surface area contributed by atoms with Crippen molar-refractivity contribution in [3.8, 4) is 17.2 Å². The number of nitrogens with zero attached hydrogens (tertiary/aromatic N) is 1. The van der Waals surface area contributed by atoms with Crippen LogP contribution in [0.1, 0.15) is 23.7 Å². The van der Waals surface area contributed by atoms with E-state index in [-0.39, 0.29) is 5.91 Å². The molecular weight excluding hydrogens is 376 g/mol. The van der Waals surface area contributed by atoms with Crippen LogP contribution < -0.4 is 10.1 Å². The lowest BCUT2D eigenvalue weighted by Gasteiger charge is -2.15. The molecule has 0 bridgehead atoms. The molecule has 1 N–H and O–H groups in total. The minimum atomic E-state index is -0.653. The zero-order valence-corrected chi connectivity index (χ0v) is 16.9. The molecule has 1 amide bonds. The summed E-state index contributed by atoms with van der Waals surface area (Å²) < 4.78 is 11.2. The summed E-state index contributed by atoms with van der Waals surface area (Å²) in [7, 11) is 0. The average Bonchev–Trinajstić information content (AvgIpc) is 3.14. The Labute approximate surface area is 169 Å². The van der Waals surface area contributed by atoms with Gasteiger partial charge in [0.2, 0.25) is 5.89 Å². The van der Waals surface area contributed by atoms with Gasteiger partial charge in [-0.2, -0.15) is 0 Å². The molecule has 0 saturated carbocycles. The first-order chi connectivity index (χ1) is 13.4. The molecule has 146 valence electrons. The fourth-order valence-electron chi connectivity index (χ4n) is 2.65. The lowest BCUT2D eigenvalue weighted by Crippen LogP contribution is -2.37. The Morgan fingerprint density at radius 3 is 2.64 bits per heavy atom. The lowest BCUT2D eigenvalue weighted by atomic mass is 10.1. The highest BCUT2D eigenvalue weighted by atomic mass is 35.5. The fourth-order valence-corrected chi connectivity index (χ4v) is 2.81. The third-order valence-electron chi connectivity index (χ3n) is 4.29. The van der Waals surface area contributed by atoms with Crippen molar-refractivity contribution < 1.29 is 13.9 Å². The van der Waals surface area contributed by atoms with Crippen molar-refractivity contribution in [3.63, 3.8) is 0 Å². The molecular formula is C22H23ClN2O3. The Bertz CT molecular complexity index is 951. The van der Waals surface area contributed by atoms with Crippen molar-refractivity contribution in [1.82, 2.24) is 10.3 Å². The van der Waals surface area contributed by atoms with Crippen molar-refractivity contribution in [2.24, 2.45) is 0 Å². The van der Waals surface area contributed by atoms with E-state index in [1.54, 1.807) is 19.3 Å². The molecule has 6 heteroatoms. The van der Waals surface area contributed by atoms with E-state index in [2.05, 4.69) is 10.3 Å². The molecule has 1 atom stereocenters. The van der Waals surface area contributed by atoms with Crippen LogP contribution >= 0.6 is 11.6 Å². The number of benzene rings is 2. The van der Waals surface area contributed by atoms with Crippen molar-refractivity contribution in [3.05, 3.63) is 70.6 Å². The van der Waals surface area contributed by atoms with Gasteiger partial charge in [0.25, 0.3) is 5.91 Å². The molecule has 0 spiro atoms. The van der Waals surface area contributed by atoms with Crippen LogP contribution in [0, 0.1) is 13.8 Å². The second-order valence-corrected chi connectivity index (χ2v) is 7.15. The average molecular weight is 399 g/mol. The maximum atomic E-state index is 12.3. The van der Waals surface area contributed by atoms with Gasteiger partial charge in [-0.05, 0) is 50.6 Å². The maximum Gasteiger partial charge on any atom is 0.260 e. The van der Waals surface area contributed by atoms with Crippen molar-refractivity contribution in [1.29, 1.82) is 0 Å². The van der Waals surface area contributed by atoms with E-state index >= 15 is 0 Å².